The summed E-state index contributed by atoms with van der Waals surface area (Å²) in [4.78, 5) is 14.6. The Morgan fingerprint density at radius 3 is 3.05 bits per heavy atom. The van der Waals surface area contributed by atoms with E-state index in [-0.39, 0.29) is 5.91 Å². The number of likely N-dealkylation sites (tertiary alicyclic amines) is 1. The van der Waals surface area contributed by atoms with Gasteiger partial charge in [-0.1, -0.05) is 41.4 Å². The molecule has 0 radical (unpaired) electrons. The highest BCUT2D eigenvalue weighted by molar-refractivity contribution is 9.10. The summed E-state index contributed by atoms with van der Waals surface area (Å²) in [6.45, 7) is 5.39. The second kappa shape index (κ2) is 9.31. The lowest BCUT2D eigenvalue weighted by atomic mass is 10.00. The Bertz CT molecular complexity index is 478. The van der Waals surface area contributed by atoms with Crippen molar-refractivity contribution in [1.82, 2.24) is 10.2 Å². The van der Waals surface area contributed by atoms with Crippen LogP contribution in [0.15, 0.2) is 28.7 Å². The van der Waals surface area contributed by atoms with E-state index in [0.717, 1.165) is 35.6 Å². The van der Waals surface area contributed by atoms with E-state index < -0.39 is 0 Å². The van der Waals surface area contributed by atoms with Crippen LogP contribution in [0.25, 0.3) is 0 Å². The third kappa shape index (κ3) is 5.73. The minimum atomic E-state index is 0.115. The molecule has 4 heteroatoms. The molecule has 1 saturated heterocycles. The van der Waals surface area contributed by atoms with Crippen molar-refractivity contribution in [1.29, 1.82) is 0 Å². The van der Waals surface area contributed by atoms with Crippen molar-refractivity contribution in [2.75, 3.05) is 19.6 Å². The van der Waals surface area contributed by atoms with Crippen molar-refractivity contribution in [3.05, 3.63) is 34.3 Å². The Morgan fingerprint density at radius 2 is 2.27 bits per heavy atom. The molecule has 0 saturated carbocycles. The van der Waals surface area contributed by atoms with E-state index in [4.69, 9.17) is 0 Å². The van der Waals surface area contributed by atoms with Gasteiger partial charge in [-0.25, -0.2) is 0 Å². The van der Waals surface area contributed by atoms with Crippen LogP contribution in [0.3, 0.4) is 0 Å². The van der Waals surface area contributed by atoms with Gasteiger partial charge in [-0.05, 0) is 49.9 Å². The zero-order valence-corrected chi connectivity index (χ0v) is 15.1. The predicted octanol–water partition coefficient (Wildman–Crippen LogP) is 3.76. The van der Waals surface area contributed by atoms with Crippen LogP contribution in [-0.2, 0) is 11.2 Å². The largest absolute Gasteiger partial charge is 0.356 e. The SMILES string of the molecule is CC[C@H]1CCCCN1CCCNC(=O)Cc1cccc(Br)c1. The Kier molecular flexibility index (Phi) is 7.40. The summed E-state index contributed by atoms with van der Waals surface area (Å²) in [5.74, 6) is 0.115. The van der Waals surface area contributed by atoms with Gasteiger partial charge < -0.3 is 10.2 Å². The number of carbonyl (C=O) groups is 1. The summed E-state index contributed by atoms with van der Waals surface area (Å²) in [6.07, 6.45) is 6.78. The molecule has 0 aromatic heterocycles. The summed E-state index contributed by atoms with van der Waals surface area (Å²) >= 11 is 3.44. The summed E-state index contributed by atoms with van der Waals surface area (Å²) < 4.78 is 1.02. The van der Waals surface area contributed by atoms with Gasteiger partial charge >= 0.3 is 0 Å². The maximum Gasteiger partial charge on any atom is 0.224 e. The van der Waals surface area contributed by atoms with Crippen LogP contribution in [0.2, 0.25) is 0 Å². The van der Waals surface area contributed by atoms with Gasteiger partial charge in [-0.15, -0.1) is 0 Å². The van der Waals surface area contributed by atoms with E-state index in [0.29, 0.717) is 6.42 Å². The van der Waals surface area contributed by atoms with Crippen LogP contribution in [-0.4, -0.2) is 36.5 Å². The van der Waals surface area contributed by atoms with Crippen molar-refractivity contribution < 1.29 is 4.79 Å². The number of hydrogen-bond acceptors (Lipinski definition) is 2. The van der Waals surface area contributed by atoms with E-state index >= 15 is 0 Å². The minimum absolute atomic E-state index is 0.115. The third-order valence-corrected chi connectivity index (χ3v) is 4.91. The molecule has 1 aromatic carbocycles. The molecule has 0 unspecified atom stereocenters. The van der Waals surface area contributed by atoms with Crippen LogP contribution < -0.4 is 5.32 Å². The van der Waals surface area contributed by atoms with E-state index in [2.05, 4.69) is 33.1 Å². The molecule has 1 amide bonds. The number of piperidine rings is 1. The number of hydrogen-bond donors (Lipinski definition) is 1. The number of nitrogens with one attached hydrogen (secondary N) is 1. The molecule has 1 N–H and O–H groups in total. The fourth-order valence-electron chi connectivity index (χ4n) is 3.22. The van der Waals surface area contributed by atoms with Crippen LogP contribution in [0.5, 0.6) is 0 Å². The molecule has 122 valence electrons. The summed E-state index contributed by atoms with van der Waals surface area (Å²) in [5, 5.41) is 3.04. The maximum absolute atomic E-state index is 12.0. The number of carbonyl (C=O) groups excluding carboxylic acids is 1. The van der Waals surface area contributed by atoms with Crippen molar-refractivity contribution in [2.45, 2.75) is 51.5 Å². The molecule has 1 aliphatic rings. The van der Waals surface area contributed by atoms with Crippen molar-refractivity contribution in [3.8, 4) is 0 Å². The first-order valence-electron chi connectivity index (χ1n) is 8.44. The van der Waals surface area contributed by atoms with Gasteiger partial charge in [-0.2, -0.15) is 0 Å². The lowest BCUT2D eigenvalue weighted by molar-refractivity contribution is -0.120. The van der Waals surface area contributed by atoms with E-state index in [1.54, 1.807) is 0 Å². The zero-order chi connectivity index (χ0) is 15.8. The number of amides is 1. The lowest BCUT2D eigenvalue weighted by Crippen LogP contribution is -2.40. The molecule has 2 rings (SSSR count). The molecule has 1 heterocycles. The smallest absolute Gasteiger partial charge is 0.224 e. The Balaban J connectivity index is 1.64. The highest BCUT2D eigenvalue weighted by Gasteiger charge is 2.19. The number of rotatable bonds is 7. The summed E-state index contributed by atoms with van der Waals surface area (Å²) in [5.41, 5.74) is 1.05. The predicted molar refractivity (Wildman–Crippen MR) is 95.0 cm³/mol. The summed E-state index contributed by atoms with van der Waals surface area (Å²) in [7, 11) is 0. The molecule has 22 heavy (non-hydrogen) atoms. The quantitative estimate of drug-likeness (QED) is 0.745. The average molecular weight is 367 g/mol. The molecule has 3 nitrogen and oxygen atoms in total. The van der Waals surface area contributed by atoms with Crippen LogP contribution in [0.1, 0.15) is 44.6 Å². The third-order valence-electron chi connectivity index (χ3n) is 4.42. The fraction of sp³-hybridized carbons (Fsp3) is 0.611. The fourth-order valence-corrected chi connectivity index (χ4v) is 3.67. The van der Waals surface area contributed by atoms with Crippen LogP contribution in [0, 0.1) is 0 Å². The molecule has 0 aliphatic carbocycles. The van der Waals surface area contributed by atoms with E-state index in [1.807, 2.05) is 24.3 Å². The van der Waals surface area contributed by atoms with Gasteiger partial charge in [0.05, 0.1) is 6.42 Å². The highest BCUT2D eigenvalue weighted by atomic mass is 79.9. The minimum Gasteiger partial charge on any atom is -0.356 e. The Morgan fingerprint density at radius 1 is 1.41 bits per heavy atom. The monoisotopic (exact) mass is 366 g/mol. The van der Waals surface area contributed by atoms with E-state index in [9.17, 15) is 4.79 Å². The molecule has 1 atom stereocenters. The molecule has 0 spiro atoms. The normalized spacial score (nSPS) is 19.1. The Labute approximate surface area is 142 Å². The molecule has 1 aliphatic heterocycles. The van der Waals surface area contributed by atoms with Gasteiger partial charge in [0.2, 0.25) is 5.91 Å². The average Bonchev–Trinajstić information content (AvgIpc) is 2.52. The number of nitrogens with zero attached hydrogens (tertiary/aromatic N) is 1. The van der Waals surface area contributed by atoms with Gasteiger partial charge in [0.15, 0.2) is 0 Å². The van der Waals surface area contributed by atoms with Gasteiger partial charge in [-0.3, -0.25) is 4.79 Å². The van der Waals surface area contributed by atoms with Gasteiger partial charge in [0.25, 0.3) is 0 Å². The molecule has 1 fully saturated rings. The van der Waals surface area contributed by atoms with Crippen molar-refractivity contribution in [3.63, 3.8) is 0 Å². The van der Waals surface area contributed by atoms with Gasteiger partial charge in [0.1, 0.15) is 0 Å². The number of benzene rings is 1. The standard InChI is InChI=1S/C18H27BrN2O/c1-2-17-9-3-4-11-21(17)12-6-10-20-18(22)14-15-7-5-8-16(19)13-15/h5,7-8,13,17H,2-4,6,9-12,14H2,1H3,(H,20,22)/t17-/m0/s1. The second-order valence-electron chi connectivity index (χ2n) is 6.10. The molecular formula is C18H27BrN2O. The molecular weight excluding hydrogens is 340 g/mol. The number of halogens is 1. The van der Waals surface area contributed by atoms with Crippen molar-refractivity contribution >= 4 is 21.8 Å². The van der Waals surface area contributed by atoms with Crippen LogP contribution >= 0.6 is 15.9 Å². The molecule has 0 bridgehead atoms. The van der Waals surface area contributed by atoms with E-state index in [1.165, 1.54) is 32.2 Å². The summed E-state index contributed by atoms with van der Waals surface area (Å²) in [6, 6.07) is 8.69. The Hall–Kier alpha value is -0.870. The van der Waals surface area contributed by atoms with Crippen LogP contribution in [0.4, 0.5) is 0 Å². The first kappa shape index (κ1) is 17.5. The second-order valence-corrected chi connectivity index (χ2v) is 7.02. The first-order chi connectivity index (χ1) is 10.7. The topological polar surface area (TPSA) is 32.3 Å². The molecule has 1 aromatic rings. The highest BCUT2D eigenvalue weighted by Crippen LogP contribution is 2.19. The van der Waals surface area contributed by atoms with Gasteiger partial charge in [0, 0.05) is 23.6 Å². The lowest BCUT2D eigenvalue weighted by Gasteiger charge is -2.35. The first-order valence-corrected chi connectivity index (χ1v) is 9.23. The van der Waals surface area contributed by atoms with Crippen molar-refractivity contribution in [2.24, 2.45) is 0 Å². The zero-order valence-electron chi connectivity index (χ0n) is 13.5. The maximum atomic E-state index is 12.0.